The summed E-state index contributed by atoms with van der Waals surface area (Å²) in [5.74, 6) is 0.601. The minimum absolute atomic E-state index is 0.523. The van der Waals surface area contributed by atoms with Crippen LogP contribution >= 0.6 is 11.3 Å². The van der Waals surface area contributed by atoms with Crippen LogP contribution in [0.5, 0.6) is 0 Å². The third kappa shape index (κ3) is 4.84. The predicted molar refractivity (Wildman–Crippen MR) is 79.8 cm³/mol. The molecule has 1 aromatic rings. The first-order valence-electron chi connectivity index (χ1n) is 7.22. The van der Waals surface area contributed by atoms with Crippen LogP contribution in [-0.2, 0) is 11.2 Å². The number of hydrogen-bond donors (Lipinski definition) is 2. The van der Waals surface area contributed by atoms with Crippen molar-refractivity contribution in [2.45, 2.75) is 32.7 Å². The van der Waals surface area contributed by atoms with Crippen molar-refractivity contribution < 1.29 is 4.74 Å². The number of nitrogens with zero attached hydrogens (tertiary/aromatic N) is 1. The third-order valence-corrected chi connectivity index (χ3v) is 4.47. The maximum Gasteiger partial charge on any atom is 0.0940 e. The maximum atomic E-state index is 5.57. The Bertz CT molecular complexity index is 369. The quantitative estimate of drug-likeness (QED) is 0.711. The average Bonchev–Trinajstić information content (AvgIpc) is 3.01. The first-order valence-corrected chi connectivity index (χ1v) is 8.10. The molecule has 2 atom stereocenters. The van der Waals surface area contributed by atoms with Gasteiger partial charge < -0.3 is 15.4 Å². The monoisotopic (exact) mass is 283 g/mol. The lowest BCUT2D eigenvalue weighted by Gasteiger charge is -2.19. The van der Waals surface area contributed by atoms with Gasteiger partial charge in [-0.3, -0.25) is 0 Å². The van der Waals surface area contributed by atoms with Crippen molar-refractivity contribution in [3.8, 4) is 0 Å². The minimum Gasteiger partial charge on any atom is -0.379 e. The van der Waals surface area contributed by atoms with Gasteiger partial charge in [0.1, 0.15) is 0 Å². The minimum atomic E-state index is 0.523. The van der Waals surface area contributed by atoms with E-state index >= 15 is 0 Å². The number of thiazole rings is 1. The van der Waals surface area contributed by atoms with Crippen LogP contribution in [0.4, 0.5) is 0 Å². The van der Waals surface area contributed by atoms with Crippen molar-refractivity contribution in [3.05, 3.63) is 16.1 Å². The van der Waals surface area contributed by atoms with E-state index in [0.717, 1.165) is 45.0 Å². The van der Waals surface area contributed by atoms with Gasteiger partial charge in [0.05, 0.1) is 18.2 Å². The van der Waals surface area contributed by atoms with Gasteiger partial charge in [0.2, 0.25) is 0 Å². The van der Waals surface area contributed by atoms with Gasteiger partial charge in [0.25, 0.3) is 0 Å². The lowest BCUT2D eigenvalue weighted by atomic mass is 10.0. The molecule has 0 radical (unpaired) electrons. The van der Waals surface area contributed by atoms with Crippen LogP contribution in [-0.4, -0.2) is 43.9 Å². The molecule has 0 spiro atoms. The zero-order valence-corrected chi connectivity index (χ0v) is 12.8. The van der Waals surface area contributed by atoms with Crippen LogP contribution in [0.1, 0.15) is 24.0 Å². The molecule has 1 aliphatic rings. The van der Waals surface area contributed by atoms with Gasteiger partial charge in [-0.2, -0.15) is 0 Å². The first-order chi connectivity index (χ1) is 9.29. The highest BCUT2D eigenvalue weighted by Gasteiger charge is 2.26. The van der Waals surface area contributed by atoms with Gasteiger partial charge in [-0.15, -0.1) is 11.3 Å². The smallest absolute Gasteiger partial charge is 0.0940 e. The molecule has 4 nitrogen and oxygen atoms in total. The maximum absolute atomic E-state index is 5.57. The van der Waals surface area contributed by atoms with E-state index in [1.165, 1.54) is 11.4 Å². The zero-order chi connectivity index (χ0) is 13.5. The number of rotatable bonds is 8. The SMILES string of the molecule is CCCNC1COCC1CNCCc1nc(C)cs1. The van der Waals surface area contributed by atoms with E-state index < -0.39 is 0 Å². The van der Waals surface area contributed by atoms with Crippen molar-refractivity contribution in [1.82, 2.24) is 15.6 Å². The summed E-state index contributed by atoms with van der Waals surface area (Å²) in [5.41, 5.74) is 1.13. The van der Waals surface area contributed by atoms with E-state index in [1.807, 2.05) is 6.92 Å². The van der Waals surface area contributed by atoms with Crippen LogP contribution < -0.4 is 10.6 Å². The number of aryl methyl sites for hydroxylation is 1. The van der Waals surface area contributed by atoms with E-state index in [0.29, 0.717) is 12.0 Å². The molecule has 19 heavy (non-hydrogen) atoms. The highest BCUT2D eigenvalue weighted by atomic mass is 32.1. The Morgan fingerprint density at radius 1 is 1.42 bits per heavy atom. The Morgan fingerprint density at radius 2 is 2.32 bits per heavy atom. The Hall–Kier alpha value is -0.490. The fraction of sp³-hybridized carbons (Fsp3) is 0.786. The highest BCUT2D eigenvalue weighted by molar-refractivity contribution is 7.09. The van der Waals surface area contributed by atoms with Gasteiger partial charge in [0.15, 0.2) is 0 Å². The zero-order valence-electron chi connectivity index (χ0n) is 11.9. The Morgan fingerprint density at radius 3 is 3.05 bits per heavy atom. The lowest BCUT2D eigenvalue weighted by molar-refractivity contribution is 0.182. The lowest BCUT2D eigenvalue weighted by Crippen LogP contribution is -2.40. The number of aromatic nitrogens is 1. The van der Waals surface area contributed by atoms with Crippen LogP contribution in [0.3, 0.4) is 0 Å². The van der Waals surface area contributed by atoms with Crippen LogP contribution in [0.25, 0.3) is 0 Å². The largest absolute Gasteiger partial charge is 0.379 e. The molecular formula is C14H25N3OS. The first kappa shape index (κ1) is 14.9. The van der Waals surface area contributed by atoms with E-state index in [-0.39, 0.29) is 0 Å². The molecule has 0 aliphatic carbocycles. The summed E-state index contributed by atoms with van der Waals surface area (Å²) in [7, 11) is 0. The van der Waals surface area contributed by atoms with Gasteiger partial charge >= 0.3 is 0 Å². The normalized spacial score (nSPS) is 23.1. The molecule has 1 fully saturated rings. The average molecular weight is 283 g/mol. The van der Waals surface area contributed by atoms with Gasteiger partial charge in [-0.1, -0.05) is 6.92 Å². The molecule has 0 amide bonds. The molecule has 2 N–H and O–H groups in total. The van der Waals surface area contributed by atoms with Crippen LogP contribution in [0, 0.1) is 12.8 Å². The Kier molecular flexibility index (Phi) is 6.23. The molecule has 5 heteroatoms. The predicted octanol–water partition coefficient (Wildman–Crippen LogP) is 1.60. The fourth-order valence-electron chi connectivity index (χ4n) is 2.36. The summed E-state index contributed by atoms with van der Waals surface area (Å²) in [6.07, 6.45) is 2.21. The van der Waals surface area contributed by atoms with E-state index in [2.05, 4.69) is 27.9 Å². The Balaban J connectivity index is 1.62. The molecule has 2 unspecified atom stereocenters. The number of nitrogens with one attached hydrogen (secondary N) is 2. The van der Waals surface area contributed by atoms with Crippen molar-refractivity contribution in [2.75, 3.05) is 32.8 Å². The fourth-order valence-corrected chi connectivity index (χ4v) is 3.13. The van der Waals surface area contributed by atoms with Crippen LogP contribution in [0.2, 0.25) is 0 Å². The van der Waals surface area contributed by atoms with Gasteiger partial charge in [-0.25, -0.2) is 4.98 Å². The highest BCUT2D eigenvalue weighted by Crippen LogP contribution is 2.13. The summed E-state index contributed by atoms with van der Waals surface area (Å²) in [4.78, 5) is 4.48. The number of hydrogen-bond acceptors (Lipinski definition) is 5. The molecule has 1 saturated heterocycles. The van der Waals surface area contributed by atoms with Crippen molar-refractivity contribution in [2.24, 2.45) is 5.92 Å². The standard InChI is InChI=1S/C14H25N3OS/c1-3-5-16-13-9-18-8-12(13)7-15-6-4-14-17-11(2)10-19-14/h10,12-13,15-16H,3-9H2,1-2H3. The second-order valence-corrected chi connectivity index (χ2v) is 6.14. The summed E-state index contributed by atoms with van der Waals surface area (Å²) < 4.78 is 5.57. The second-order valence-electron chi connectivity index (χ2n) is 5.19. The van der Waals surface area contributed by atoms with E-state index in [9.17, 15) is 0 Å². The Labute approximate surface area is 120 Å². The molecule has 1 aliphatic heterocycles. The second kappa shape index (κ2) is 7.94. The molecule has 2 heterocycles. The molecule has 1 aromatic heterocycles. The molecule has 0 aromatic carbocycles. The molecule has 0 bridgehead atoms. The van der Waals surface area contributed by atoms with Crippen molar-refractivity contribution in [3.63, 3.8) is 0 Å². The number of ether oxygens (including phenoxy) is 1. The molecule has 108 valence electrons. The van der Waals surface area contributed by atoms with Gasteiger partial charge in [-0.05, 0) is 19.9 Å². The van der Waals surface area contributed by atoms with Crippen LogP contribution in [0.15, 0.2) is 5.38 Å². The molecule has 2 rings (SSSR count). The van der Waals surface area contributed by atoms with Crippen molar-refractivity contribution in [1.29, 1.82) is 0 Å². The summed E-state index contributed by atoms with van der Waals surface area (Å²) in [6, 6.07) is 0.523. The summed E-state index contributed by atoms with van der Waals surface area (Å²) in [6.45, 7) is 9.11. The van der Waals surface area contributed by atoms with Gasteiger partial charge in [0, 0.05) is 42.5 Å². The third-order valence-electron chi connectivity index (χ3n) is 3.44. The molecular weight excluding hydrogens is 258 g/mol. The van der Waals surface area contributed by atoms with E-state index in [4.69, 9.17) is 4.74 Å². The summed E-state index contributed by atoms with van der Waals surface area (Å²) >= 11 is 1.76. The van der Waals surface area contributed by atoms with E-state index in [1.54, 1.807) is 11.3 Å². The topological polar surface area (TPSA) is 46.2 Å². The summed E-state index contributed by atoms with van der Waals surface area (Å²) in [5, 5.41) is 10.5. The van der Waals surface area contributed by atoms with Crippen molar-refractivity contribution >= 4 is 11.3 Å². The molecule has 0 saturated carbocycles.